The number of halogens is 3. The monoisotopic (exact) mass is 427 g/mol. The van der Waals surface area contributed by atoms with Crippen LogP contribution in [-0.2, 0) is 10.9 Å². The topological polar surface area (TPSA) is 65.9 Å². The predicted octanol–water partition coefficient (Wildman–Crippen LogP) is 2.08. The van der Waals surface area contributed by atoms with Gasteiger partial charge in [-0.1, -0.05) is 0 Å². The fourth-order valence-corrected chi connectivity index (χ4v) is 6.02. The third kappa shape index (κ3) is 2.88. The fourth-order valence-electron chi connectivity index (χ4n) is 5.26. The molecule has 3 fully saturated rings. The number of carbonyl (C=O) groups excluding carboxylic acids is 1. The lowest BCUT2D eigenvalue weighted by atomic mass is 9.83. The van der Waals surface area contributed by atoms with Gasteiger partial charge >= 0.3 is 6.18 Å². The van der Waals surface area contributed by atoms with Gasteiger partial charge in [0.2, 0.25) is 0 Å². The smallest absolute Gasteiger partial charge is 0.396 e. The van der Waals surface area contributed by atoms with Crippen LogP contribution < -0.4 is 0 Å². The molecule has 3 aliphatic rings. The average Bonchev–Trinajstić information content (AvgIpc) is 3.29. The number of likely N-dealkylation sites (N-methyl/N-ethyl adjacent to an activating group) is 1. The van der Waals surface area contributed by atoms with Crippen LogP contribution in [0.3, 0.4) is 0 Å². The first-order valence-corrected chi connectivity index (χ1v) is 10.3. The van der Waals surface area contributed by atoms with Gasteiger partial charge in [0, 0.05) is 38.1 Å². The summed E-state index contributed by atoms with van der Waals surface area (Å²) in [4.78, 5) is 20.5. The lowest BCUT2D eigenvalue weighted by Gasteiger charge is -2.38. The van der Waals surface area contributed by atoms with Gasteiger partial charge in [0.15, 0.2) is 5.69 Å². The molecule has 1 N–H and O–H groups in total. The third-order valence-electron chi connectivity index (χ3n) is 6.39. The third-order valence-corrected chi connectivity index (χ3v) is 7.25. The minimum Gasteiger partial charge on any atom is -0.396 e. The van der Waals surface area contributed by atoms with Gasteiger partial charge in [-0.25, -0.2) is 4.98 Å². The Kier molecular flexibility index (Phi) is 4.22. The number of alkyl halides is 3. The van der Waals surface area contributed by atoms with Crippen LogP contribution in [0.15, 0.2) is 17.5 Å². The van der Waals surface area contributed by atoms with E-state index < -0.39 is 28.9 Å². The van der Waals surface area contributed by atoms with Gasteiger partial charge in [0.05, 0.1) is 28.4 Å². The van der Waals surface area contributed by atoms with Crippen LogP contribution in [0.2, 0.25) is 0 Å². The van der Waals surface area contributed by atoms with E-state index in [0.717, 1.165) is 0 Å². The molecule has 0 aromatic carbocycles. The molecule has 1 spiro atoms. The van der Waals surface area contributed by atoms with E-state index in [0.29, 0.717) is 17.8 Å². The Bertz CT molecular complexity index is 980. The Morgan fingerprint density at radius 3 is 2.93 bits per heavy atom. The van der Waals surface area contributed by atoms with Crippen LogP contribution in [0.4, 0.5) is 13.2 Å². The highest BCUT2D eigenvalue weighted by Crippen LogP contribution is 2.49. The average molecular weight is 427 g/mol. The summed E-state index contributed by atoms with van der Waals surface area (Å²) in [5, 5.41) is 11.5. The second kappa shape index (κ2) is 6.37. The summed E-state index contributed by atoms with van der Waals surface area (Å²) in [6, 6.07) is 2.81. The van der Waals surface area contributed by atoms with E-state index in [-0.39, 0.29) is 43.2 Å². The van der Waals surface area contributed by atoms with Crippen molar-refractivity contribution in [1.82, 2.24) is 14.8 Å². The summed E-state index contributed by atoms with van der Waals surface area (Å²) in [6.07, 6.45) is -4.84. The largest absolute Gasteiger partial charge is 0.434 e. The van der Waals surface area contributed by atoms with Crippen molar-refractivity contribution in [3.05, 3.63) is 28.8 Å². The molecule has 0 aliphatic carbocycles. The molecule has 2 aromatic rings. The highest BCUT2D eigenvalue weighted by molar-refractivity contribution is 7.17. The number of aliphatic hydroxyl groups is 1. The number of hydrogen-bond donors (Lipinski definition) is 1. The number of nitrogens with zero attached hydrogens (tertiary/aromatic N) is 3. The van der Waals surface area contributed by atoms with Crippen molar-refractivity contribution in [1.29, 1.82) is 0 Å². The second-order valence-corrected chi connectivity index (χ2v) is 9.19. The first-order valence-electron chi connectivity index (χ1n) is 9.44. The van der Waals surface area contributed by atoms with Gasteiger partial charge in [-0.15, -0.1) is 11.3 Å². The van der Waals surface area contributed by atoms with Gasteiger partial charge in [-0.05, 0) is 24.6 Å². The maximum Gasteiger partial charge on any atom is 0.434 e. The minimum absolute atomic E-state index is 0.0660. The zero-order chi connectivity index (χ0) is 20.6. The van der Waals surface area contributed by atoms with Crippen LogP contribution in [-0.4, -0.2) is 77.3 Å². The molecule has 5 rings (SSSR count). The maximum atomic E-state index is 13.6. The molecule has 3 aliphatic heterocycles. The van der Waals surface area contributed by atoms with Crippen molar-refractivity contribution >= 4 is 27.5 Å². The van der Waals surface area contributed by atoms with Crippen LogP contribution in [0.5, 0.6) is 0 Å². The number of fused-ring (bicyclic) bond motifs is 2. The van der Waals surface area contributed by atoms with Gasteiger partial charge in [0.1, 0.15) is 5.60 Å². The predicted molar refractivity (Wildman–Crippen MR) is 99.7 cm³/mol. The molecule has 0 unspecified atom stereocenters. The number of thiophene rings is 1. The zero-order valence-corrected chi connectivity index (χ0v) is 16.5. The number of ether oxygens (including phenoxy) is 1. The molecule has 6 nitrogen and oxygen atoms in total. The first kappa shape index (κ1) is 19.2. The van der Waals surface area contributed by atoms with Crippen molar-refractivity contribution in [3.8, 4) is 0 Å². The van der Waals surface area contributed by atoms with Crippen molar-refractivity contribution < 1.29 is 27.8 Å². The molecule has 3 saturated heterocycles. The van der Waals surface area contributed by atoms with E-state index >= 15 is 0 Å². The first-order chi connectivity index (χ1) is 13.7. The van der Waals surface area contributed by atoms with E-state index in [1.807, 2.05) is 7.05 Å². The van der Waals surface area contributed by atoms with E-state index in [1.165, 1.54) is 28.4 Å². The summed E-state index contributed by atoms with van der Waals surface area (Å²) in [6.45, 7) is 1.71. The van der Waals surface area contributed by atoms with Gasteiger partial charge in [0.25, 0.3) is 5.91 Å². The molecular weight excluding hydrogens is 407 g/mol. The number of rotatable bonds is 2. The second-order valence-electron chi connectivity index (χ2n) is 8.24. The Labute approximate surface area is 168 Å². The zero-order valence-electron chi connectivity index (χ0n) is 15.6. The van der Waals surface area contributed by atoms with Gasteiger partial charge < -0.3 is 19.6 Å². The molecule has 5 heterocycles. The quantitative estimate of drug-likeness (QED) is 0.795. The minimum atomic E-state index is -4.73. The van der Waals surface area contributed by atoms with Crippen LogP contribution in [0.1, 0.15) is 16.1 Å². The molecule has 10 heteroatoms. The highest BCUT2D eigenvalue weighted by Gasteiger charge is 2.62. The molecule has 156 valence electrons. The molecule has 2 aromatic heterocycles. The SMILES string of the molecule is CN1C[C@H]2O[C@]3(C1)CN(C(=O)c1cc4sccc4nc1C(F)(F)F)C[C@@H]3[C@@H]2CO. The number of likely N-dealkylation sites (tertiary alicyclic amines) is 2. The number of pyridine rings is 1. The Morgan fingerprint density at radius 1 is 1.41 bits per heavy atom. The maximum absolute atomic E-state index is 13.6. The lowest BCUT2D eigenvalue weighted by molar-refractivity contribution is -0.141. The number of amides is 1. The van der Waals surface area contributed by atoms with E-state index in [4.69, 9.17) is 4.74 Å². The summed E-state index contributed by atoms with van der Waals surface area (Å²) in [7, 11) is 1.95. The number of morpholine rings is 1. The number of aliphatic hydroxyl groups excluding tert-OH is 1. The van der Waals surface area contributed by atoms with Crippen LogP contribution in [0.25, 0.3) is 10.2 Å². The summed E-state index contributed by atoms with van der Waals surface area (Å²) in [5.41, 5.74) is -1.98. The Morgan fingerprint density at radius 2 is 2.21 bits per heavy atom. The van der Waals surface area contributed by atoms with Gasteiger partial charge in [-0.2, -0.15) is 13.2 Å². The number of carbonyl (C=O) groups is 1. The van der Waals surface area contributed by atoms with Crippen LogP contribution >= 0.6 is 11.3 Å². The lowest BCUT2D eigenvalue weighted by Crippen LogP contribution is -2.53. The molecule has 1 amide bonds. The molecule has 0 saturated carbocycles. The summed E-state index contributed by atoms with van der Waals surface area (Å²) in [5.74, 6) is -0.911. The van der Waals surface area contributed by atoms with Crippen molar-refractivity contribution in [3.63, 3.8) is 0 Å². The molecule has 0 radical (unpaired) electrons. The molecular formula is C19H20F3N3O3S. The van der Waals surface area contributed by atoms with Crippen molar-refractivity contribution in [2.75, 3.05) is 39.8 Å². The van der Waals surface area contributed by atoms with E-state index in [1.54, 1.807) is 5.38 Å². The van der Waals surface area contributed by atoms with Crippen molar-refractivity contribution in [2.24, 2.45) is 11.8 Å². The normalized spacial score (nSPS) is 32.2. The summed E-state index contributed by atoms with van der Waals surface area (Å²) < 4.78 is 47.7. The number of hydrogen-bond acceptors (Lipinski definition) is 6. The van der Waals surface area contributed by atoms with Crippen molar-refractivity contribution in [2.45, 2.75) is 17.9 Å². The Hall–Kier alpha value is -1.75. The highest BCUT2D eigenvalue weighted by atomic mass is 32.1. The van der Waals surface area contributed by atoms with E-state index in [2.05, 4.69) is 9.88 Å². The van der Waals surface area contributed by atoms with E-state index in [9.17, 15) is 23.1 Å². The fraction of sp³-hybridized carbons (Fsp3) is 0.579. The van der Waals surface area contributed by atoms with Crippen LogP contribution in [0, 0.1) is 11.8 Å². The molecule has 4 atom stereocenters. The standard InChI is InChI=1S/C19H20F3N3O3S/c1-24-6-14-11(7-26)12-5-25(9-18(12,8-24)28-14)17(27)10-4-15-13(2-3-29-15)23-16(10)19(20,21)22/h2-4,11-12,14,26H,5-9H2,1H3/t11-,12+,14+,18+/m0/s1. The molecule has 29 heavy (non-hydrogen) atoms. The molecule has 2 bridgehead atoms. The number of aromatic nitrogens is 1. The van der Waals surface area contributed by atoms with Gasteiger partial charge in [-0.3, -0.25) is 4.79 Å². The summed E-state index contributed by atoms with van der Waals surface area (Å²) >= 11 is 1.25. The Balaban J connectivity index is 1.51.